The average Bonchev–Trinajstić information content (AvgIpc) is 2.46. The van der Waals surface area contributed by atoms with E-state index in [1.807, 2.05) is 6.92 Å². The molecule has 1 fully saturated rings. The van der Waals surface area contributed by atoms with Crippen molar-refractivity contribution in [1.29, 1.82) is 0 Å². The van der Waals surface area contributed by atoms with Crippen LogP contribution in [0.15, 0.2) is 23.5 Å². The standard InChI is InChI=1S/C13H17N3O3/c1-9-8-16(7-5-11(9)15-18)13(17)10-4-3-6-14-12(10)19-2/h3-4,6,9,18H,5,7-8H2,1-2H3/b15-11-. The fourth-order valence-electron chi connectivity index (χ4n) is 2.24. The number of likely N-dealkylation sites (tertiary alicyclic amines) is 1. The van der Waals surface area contributed by atoms with Gasteiger partial charge in [-0.05, 0) is 12.1 Å². The first kappa shape index (κ1) is 13.3. The van der Waals surface area contributed by atoms with Gasteiger partial charge in [0.2, 0.25) is 5.88 Å². The molecule has 0 spiro atoms. The lowest BCUT2D eigenvalue weighted by atomic mass is 9.97. The molecule has 19 heavy (non-hydrogen) atoms. The Morgan fingerprint density at radius 1 is 1.63 bits per heavy atom. The molecule has 1 aliphatic heterocycles. The topological polar surface area (TPSA) is 75.0 Å². The Hall–Kier alpha value is -2.11. The highest BCUT2D eigenvalue weighted by Crippen LogP contribution is 2.20. The van der Waals surface area contributed by atoms with Gasteiger partial charge in [0.1, 0.15) is 5.56 Å². The van der Waals surface area contributed by atoms with Crippen LogP contribution in [0.4, 0.5) is 0 Å². The van der Waals surface area contributed by atoms with Gasteiger partial charge in [0.15, 0.2) is 0 Å². The minimum atomic E-state index is -0.103. The summed E-state index contributed by atoms with van der Waals surface area (Å²) in [5.74, 6) is 0.293. The first-order valence-corrected chi connectivity index (χ1v) is 6.16. The highest BCUT2D eigenvalue weighted by molar-refractivity contribution is 5.98. The third-order valence-corrected chi connectivity index (χ3v) is 3.31. The van der Waals surface area contributed by atoms with Crippen LogP contribution in [-0.4, -0.2) is 46.9 Å². The van der Waals surface area contributed by atoms with E-state index in [1.54, 1.807) is 23.2 Å². The molecule has 0 saturated carbocycles. The summed E-state index contributed by atoms with van der Waals surface area (Å²) < 4.78 is 5.10. The van der Waals surface area contributed by atoms with Crippen LogP contribution in [0.1, 0.15) is 23.7 Å². The van der Waals surface area contributed by atoms with E-state index in [0.29, 0.717) is 31.0 Å². The zero-order valence-corrected chi connectivity index (χ0v) is 11.0. The van der Waals surface area contributed by atoms with Crippen LogP contribution in [0.2, 0.25) is 0 Å². The summed E-state index contributed by atoms with van der Waals surface area (Å²) >= 11 is 0. The minimum Gasteiger partial charge on any atom is -0.480 e. The Morgan fingerprint density at radius 2 is 2.42 bits per heavy atom. The summed E-state index contributed by atoms with van der Waals surface area (Å²) in [4.78, 5) is 18.2. The second kappa shape index (κ2) is 5.69. The van der Waals surface area contributed by atoms with Crippen molar-refractivity contribution in [2.24, 2.45) is 11.1 Å². The van der Waals surface area contributed by atoms with E-state index in [-0.39, 0.29) is 11.8 Å². The van der Waals surface area contributed by atoms with Gasteiger partial charge >= 0.3 is 0 Å². The van der Waals surface area contributed by atoms with Gasteiger partial charge < -0.3 is 14.8 Å². The van der Waals surface area contributed by atoms with Crippen molar-refractivity contribution >= 4 is 11.6 Å². The monoisotopic (exact) mass is 263 g/mol. The third kappa shape index (κ3) is 2.67. The summed E-state index contributed by atoms with van der Waals surface area (Å²) in [6, 6.07) is 3.41. The fourth-order valence-corrected chi connectivity index (χ4v) is 2.24. The van der Waals surface area contributed by atoms with Gasteiger partial charge in [-0.15, -0.1) is 0 Å². The van der Waals surface area contributed by atoms with Crippen molar-refractivity contribution in [3.63, 3.8) is 0 Å². The zero-order valence-electron chi connectivity index (χ0n) is 11.0. The largest absolute Gasteiger partial charge is 0.480 e. The number of pyridine rings is 1. The molecule has 6 nitrogen and oxygen atoms in total. The highest BCUT2D eigenvalue weighted by atomic mass is 16.5. The summed E-state index contributed by atoms with van der Waals surface area (Å²) in [5, 5.41) is 12.1. The molecule has 1 saturated heterocycles. The molecule has 0 radical (unpaired) electrons. The Morgan fingerprint density at radius 3 is 3.05 bits per heavy atom. The van der Waals surface area contributed by atoms with Gasteiger partial charge in [-0.3, -0.25) is 4.79 Å². The molecule has 1 atom stereocenters. The summed E-state index contributed by atoms with van der Waals surface area (Å²) in [6.07, 6.45) is 2.18. The predicted octanol–water partition coefficient (Wildman–Crippen LogP) is 1.40. The molecule has 0 aliphatic carbocycles. The van der Waals surface area contributed by atoms with Gasteiger partial charge in [0, 0.05) is 31.6 Å². The smallest absolute Gasteiger partial charge is 0.259 e. The Balaban J connectivity index is 2.17. The van der Waals surface area contributed by atoms with Crippen LogP contribution < -0.4 is 4.74 Å². The summed E-state index contributed by atoms with van der Waals surface area (Å²) in [7, 11) is 1.49. The van der Waals surface area contributed by atoms with Gasteiger partial charge in [0.05, 0.1) is 12.8 Å². The number of piperidine rings is 1. The molecule has 0 aromatic carbocycles. The number of carbonyl (C=O) groups is 1. The number of aromatic nitrogens is 1. The Kier molecular flexibility index (Phi) is 3.99. The number of ether oxygens (including phenoxy) is 1. The zero-order chi connectivity index (χ0) is 13.8. The van der Waals surface area contributed by atoms with Gasteiger partial charge in [0.25, 0.3) is 5.91 Å². The molecule has 1 N–H and O–H groups in total. The lowest BCUT2D eigenvalue weighted by molar-refractivity contribution is 0.0729. The van der Waals surface area contributed by atoms with Crippen LogP contribution >= 0.6 is 0 Å². The lowest BCUT2D eigenvalue weighted by Gasteiger charge is -2.31. The van der Waals surface area contributed by atoms with Crippen LogP contribution in [0, 0.1) is 5.92 Å². The van der Waals surface area contributed by atoms with Crippen LogP contribution in [0.25, 0.3) is 0 Å². The van der Waals surface area contributed by atoms with Crippen molar-refractivity contribution in [3.05, 3.63) is 23.9 Å². The van der Waals surface area contributed by atoms with E-state index >= 15 is 0 Å². The van der Waals surface area contributed by atoms with E-state index < -0.39 is 0 Å². The maximum atomic E-state index is 12.4. The molecule has 6 heteroatoms. The molecule has 1 amide bonds. The quantitative estimate of drug-likeness (QED) is 0.646. The van der Waals surface area contributed by atoms with Crippen LogP contribution in [0.3, 0.4) is 0 Å². The van der Waals surface area contributed by atoms with Gasteiger partial charge in [-0.2, -0.15) is 0 Å². The second-order valence-corrected chi connectivity index (χ2v) is 4.55. The first-order valence-electron chi connectivity index (χ1n) is 6.16. The van der Waals surface area contributed by atoms with Gasteiger partial charge in [-0.1, -0.05) is 12.1 Å². The lowest BCUT2D eigenvalue weighted by Crippen LogP contribution is -2.43. The van der Waals surface area contributed by atoms with Crippen LogP contribution in [-0.2, 0) is 0 Å². The second-order valence-electron chi connectivity index (χ2n) is 4.55. The number of rotatable bonds is 2. The molecule has 2 rings (SSSR count). The first-order chi connectivity index (χ1) is 9.17. The van der Waals surface area contributed by atoms with Crippen LogP contribution in [0.5, 0.6) is 5.88 Å². The molecule has 1 unspecified atom stereocenters. The van der Waals surface area contributed by atoms with Crippen molar-refractivity contribution < 1.29 is 14.7 Å². The molecule has 1 aliphatic rings. The Labute approximate surface area is 111 Å². The van der Waals surface area contributed by atoms with E-state index in [4.69, 9.17) is 9.94 Å². The molecule has 102 valence electrons. The number of nitrogens with zero attached hydrogens (tertiary/aromatic N) is 3. The minimum absolute atomic E-state index is 0.0605. The number of hydrogen-bond acceptors (Lipinski definition) is 5. The molecule has 0 bridgehead atoms. The van der Waals surface area contributed by atoms with E-state index in [0.717, 1.165) is 5.71 Å². The third-order valence-electron chi connectivity index (χ3n) is 3.31. The molecule has 1 aromatic heterocycles. The molecular weight excluding hydrogens is 246 g/mol. The Bertz CT molecular complexity index is 502. The van der Waals surface area contributed by atoms with E-state index in [2.05, 4.69) is 10.1 Å². The van der Waals surface area contributed by atoms with E-state index in [1.165, 1.54) is 7.11 Å². The van der Waals surface area contributed by atoms with Crippen molar-refractivity contribution in [1.82, 2.24) is 9.88 Å². The maximum Gasteiger partial charge on any atom is 0.259 e. The summed E-state index contributed by atoms with van der Waals surface area (Å²) in [5.41, 5.74) is 1.20. The number of amides is 1. The van der Waals surface area contributed by atoms with Crippen molar-refractivity contribution in [2.75, 3.05) is 20.2 Å². The maximum absolute atomic E-state index is 12.4. The predicted molar refractivity (Wildman–Crippen MR) is 69.7 cm³/mol. The SMILES string of the molecule is COc1ncccc1C(=O)N1CC/C(=N/O)C(C)C1. The van der Waals surface area contributed by atoms with E-state index in [9.17, 15) is 4.79 Å². The number of hydrogen-bond donors (Lipinski definition) is 1. The number of oxime groups is 1. The molecular formula is C13H17N3O3. The number of methoxy groups -OCH3 is 1. The fraction of sp³-hybridized carbons (Fsp3) is 0.462. The molecule has 2 heterocycles. The van der Waals surface area contributed by atoms with Crippen molar-refractivity contribution in [2.45, 2.75) is 13.3 Å². The van der Waals surface area contributed by atoms with Gasteiger partial charge in [-0.25, -0.2) is 4.98 Å². The summed E-state index contributed by atoms with van der Waals surface area (Å²) in [6.45, 7) is 3.02. The number of carbonyl (C=O) groups excluding carboxylic acids is 1. The average molecular weight is 263 g/mol. The molecule has 1 aromatic rings. The highest BCUT2D eigenvalue weighted by Gasteiger charge is 2.28. The van der Waals surface area contributed by atoms with Crippen molar-refractivity contribution in [3.8, 4) is 5.88 Å². The normalized spacial score (nSPS) is 21.5.